The molecule has 1 aliphatic rings. The Hall–Kier alpha value is -2.18. The molecule has 102 valence electrons. The van der Waals surface area contributed by atoms with Gasteiger partial charge in [0.25, 0.3) is 5.91 Å². The van der Waals surface area contributed by atoms with Crippen LogP contribution < -0.4 is 0 Å². The molecule has 1 fully saturated rings. The van der Waals surface area contributed by atoms with E-state index in [2.05, 4.69) is 0 Å². The maximum Gasteiger partial charge on any atom is 0.308 e. The summed E-state index contributed by atoms with van der Waals surface area (Å²) >= 11 is 0. The molecule has 1 heterocycles. The van der Waals surface area contributed by atoms with Gasteiger partial charge in [0.2, 0.25) is 0 Å². The van der Waals surface area contributed by atoms with Crippen molar-refractivity contribution < 1.29 is 28.6 Å². The van der Waals surface area contributed by atoms with Crippen LogP contribution in [0.4, 0.5) is 8.78 Å². The van der Waals surface area contributed by atoms with Crippen LogP contribution >= 0.6 is 0 Å². The van der Waals surface area contributed by atoms with E-state index in [1.807, 2.05) is 0 Å². The molecule has 2 rings (SSSR count). The number of aromatic hydroxyl groups is 1. The van der Waals surface area contributed by atoms with Crippen molar-refractivity contribution in [2.24, 2.45) is 5.92 Å². The number of phenols is 1. The van der Waals surface area contributed by atoms with Crippen LogP contribution in [0.1, 0.15) is 16.8 Å². The molecule has 0 aliphatic carbocycles. The van der Waals surface area contributed by atoms with Crippen molar-refractivity contribution in [2.75, 3.05) is 13.1 Å². The molecular weight excluding hydrogens is 260 g/mol. The molecule has 0 spiro atoms. The largest absolute Gasteiger partial charge is 0.503 e. The summed E-state index contributed by atoms with van der Waals surface area (Å²) in [6.45, 7) is 0.234. The van der Waals surface area contributed by atoms with Gasteiger partial charge in [-0.15, -0.1) is 0 Å². The van der Waals surface area contributed by atoms with Gasteiger partial charge in [-0.2, -0.15) is 0 Å². The molecule has 1 aromatic rings. The predicted molar refractivity (Wildman–Crippen MR) is 59.7 cm³/mol. The number of aliphatic carboxylic acids is 1. The number of phenolic OH excluding ortho intramolecular Hbond substituents is 1. The summed E-state index contributed by atoms with van der Waals surface area (Å²) in [7, 11) is 0. The molecule has 1 unspecified atom stereocenters. The number of halogens is 2. The molecule has 1 aliphatic heterocycles. The van der Waals surface area contributed by atoms with Crippen LogP contribution in [0.25, 0.3) is 0 Å². The second kappa shape index (κ2) is 4.83. The topological polar surface area (TPSA) is 77.8 Å². The van der Waals surface area contributed by atoms with E-state index in [9.17, 15) is 18.4 Å². The SMILES string of the molecule is O=C(O)C1CCN(C(=O)c2cc(F)c(O)c(F)c2)C1. The van der Waals surface area contributed by atoms with E-state index < -0.39 is 35.2 Å². The number of likely N-dealkylation sites (tertiary alicyclic amines) is 1. The molecule has 5 nitrogen and oxygen atoms in total. The Bertz CT molecular complexity index is 524. The number of nitrogens with zero attached hydrogens (tertiary/aromatic N) is 1. The molecule has 0 bridgehead atoms. The van der Waals surface area contributed by atoms with Gasteiger partial charge in [0.05, 0.1) is 5.92 Å². The lowest BCUT2D eigenvalue weighted by atomic mass is 10.1. The lowest BCUT2D eigenvalue weighted by Gasteiger charge is -2.16. The highest BCUT2D eigenvalue weighted by Gasteiger charge is 2.31. The Morgan fingerprint density at radius 1 is 1.26 bits per heavy atom. The molecule has 19 heavy (non-hydrogen) atoms. The minimum absolute atomic E-state index is 0.0122. The van der Waals surface area contributed by atoms with E-state index in [-0.39, 0.29) is 18.7 Å². The van der Waals surface area contributed by atoms with Crippen molar-refractivity contribution in [2.45, 2.75) is 6.42 Å². The zero-order valence-corrected chi connectivity index (χ0v) is 9.77. The van der Waals surface area contributed by atoms with Crippen LogP contribution in [0.3, 0.4) is 0 Å². The number of benzene rings is 1. The van der Waals surface area contributed by atoms with Crippen LogP contribution in [0.15, 0.2) is 12.1 Å². The summed E-state index contributed by atoms with van der Waals surface area (Å²) < 4.78 is 26.3. The van der Waals surface area contributed by atoms with E-state index in [1.165, 1.54) is 4.90 Å². The van der Waals surface area contributed by atoms with Crippen molar-refractivity contribution in [3.8, 4) is 5.75 Å². The maximum atomic E-state index is 13.1. The summed E-state index contributed by atoms with van der Waals surface area (Å²) in [5.74, 6) is -5.90. The molecular formula is C12H11F2NO4. The molecule has 2 N–H and O–H groups in total. The number of carboxylic acids is 1. The fourth-order valence-corrected chi connectivity index (χ4v) is 2.02. The Morgan fingerprint density at radius 3 is 2.32 bits per heavy atom. The van der Waals surface area contributed by atoms with Gasteiger partial charge in [-0.25, -0.2) is 8.78 Å². The first kappa shape index (κ1) is 13.3. The van der Waals surface area contributed by atoms with Crippen molar-refractivity contribution in [1.82, 2.24) is 4.90 Å². The average molecular weight is 271 g/mol. The van der Waals surface area contributed by atoms with Crippen LogP contribution in [0.2, 0.25) is 0 Å². The molecule has 1 atom stereocenters. The van der Waals surface area contributed by atoms with Crippen molar-refractivity contribution in [3.63, 3.8) is 0 Å². The number of carboxylic acid groups (broad SMARTS) is 1. The fourth-order valence-electron chi connectivity index (χ4n) is 2.02. The predicted octanol–water partition coefficient (Wildman–Crippen LogP) is 1.22. The van der Waals surface area contributed by atoms with Crippen molar-refractivity contribution in [3.05, 3.63) is 29.3 Å². The van der Waals surface area contributed by atoms with Gasteiger partial charge in [-0.05, 0) is 18.6 Å². The first-order valence-corrected chi connectivity index (χ1v) is 5.60. The monoisotopic (exact) mass is 271 g/mol. The lowest BCUT2D eigenvalue weighted by molar-refractivity contribution is -0.141. The second-order valence-electron chi connectivity index (χ2n) is 4.36. The summed E-state index contributed by atoms with van der Waals surface area (Å²) in [6.07, 6.45) is 0.310. The molecule has 1 saturated heterocycles. The maximum absolute atomic E-state index is 13.1. The van der Waals surface area contributed by atoms with E-state index >= 15 is 0 Å². The highest BCUT2D eigenvalue weighted by Crippen LogP contribution is 2.24. The summed E-state index contributed by atoms with van der Waals surface area (Å²) in [6, 6.07) is 1.46. The van der Waals surface area contributed by atoms with Gasteiger partial charge < -0.3 is 15.1 Å². The summed E-state index contributed by atoms with van der Waals surface area (Å²) in [5.41, 5.74) is -0.251. The summed E-state index contributed by atoms with van der Waals surface area (Å²) in [4.78, 5) is 23.9. The number of carbonyl (C=O) groups is 2. The first-order chi connectivity index (χ1) is 8.90. The average Bonchev–Trinajstić information content (AvgIpc) is 2.84. The molecule has 0 aromatic heterocycles. The van der Waals surface area contributed by atoms with Crippen LogP contribution in [-0.4, -0.2) is 40.1 Å². The van der Waals surface area contributed by atoms with Gasteiger partial charge in [0.15, 0.2) is 17.4 Å². The van der Waals surface area contributed by atoms with Gasteiger partial charge in [0, 0.05) is 18.7 Å². The molecule has 0 saturated carbocycles. The number of hydrogen-bond acceptors (Lipinski definition) is 3. The number of rotatable bonds is 2. The third kappa shape index (κ3) is 2.49. The highest BCUT2D eigenvalue weighted by molar-refractivity contribution is 5.95. The zero-order chi connectivity index (χ0) is 14.2. The Labute approximate surface area is 107 Å². The van der Waals surface area contributed by atoms with Crippen LogP contribution in [0, 0.1) is 17.6 Å². The zero-order valence-electron chi connectivity index (χ0n) is 9.77. The van der Waals surface area contributed by atoms with Gasteiger partial charge >= 0.3 is 5.97 Å². The van der Waals surface area contributed by atoms with E-state index in [4.69, 9.17) is 10.2 Å². The highest BCUT2D eigenvalue weighted by atomic mass is 19.1. The fraction of sp³-hybridized carbons (Fsp3) is 0.333. The third-order valence-electron chi connectivity index (χ3n) is 3.09. The molecule has 7 heteroatoms. The van der Waals surface area contributed by atoms with E-state index in [0.717, 1.165) is 12.1 Å². The van der Waals surface area contributed by atoms with Crippen molar-refractivity contribution >= 4 is 11.9 Å². The number of carbonyl (C=O) groups excluding carboxylic acids is 1. The number of hydrogen-bond donors (Lipinski definition) is 2. The standard InChI is InChI=1S/C12H11F2NO4/c13-8-3-7(4-9(14)10(8)16)11(17)15-2-1-6(5-15)12(18)19/h3-4,6,16H,1-2,5H2,(H,18,19). The Balaban J connectivity index is 2.19. The van der Waals surface area contributed by atoms with E-state index in [0.29, 0.717) is 6.42 Å². The molecule has 1 aromatic carbocycles. The minimum Gasteiger partial charge on any atom is -0.503 e. The smallest absolute Gasteiger partial charge is 0.308 e. The number of amides is 1. The van der Waals surface area contributed by atoms with Crippen LogP contribution in [0.5, 0.6) is 5.75 Å². The second-order valence-corrected chi connectivity index (χ2v) is 4.36. The van der Waals surface area contributed by atoms with Crippen LogP contribution in [-0.2, 0) is 4.79 Å². The van der Waals surface area contributed by atoms with Gasteiger partial charge in [-0.1, -0.05) is 0 Å². The van der Waals surface area contributed by atoms with E-state index in [1.54, 1.807) is 0 Å². The third-order valence-corrected chi connectivity index (χ3v) is 3.09. The molecule has 0 radical (unpaired) electrons. The quantitative estimate of drug-likeness (QED) is 0.847. The molecule has 1 amide bonds. The Morgan fingerprint density at radius 2 is 1.84 bits per heavy atom. The minimum atomic E-state index is -1.22. The lowest BCUT2D eigenvalue weighted by Crippen LogP contribution is -2.30. The summed E-state index contributed by atoms with van der Waals surface area (Å²) in [5, 5.41) is 17.8. The van der Waals surface area contributed by atoms with Crippen molar-refractivity contribution in [1.29, 1.82) is 0 Å². The normalized spacial score (nSPS) is 18.6. The first-order valence-electron chi connectivity index (χ1n) is 5.60. The van der Waals surface area contributed by atoms with Gasteiger partial charge in [0.1, 0.15) is 0 Å². The van der Waals surface area contributed by atoms with Gasteiger partial charge in [-0.3, -0.25) is 9.59 Å². The Kier molecular flexibility index (Phi) is 3.37.